The number of esters is 1. The van der Waals surface area contributed by atoms with E-state index in [-0.39, 0.29) is 24.6 Å². The number of rotatable bonds is 6. The van der Waals surface area contributed by atoms with Crippen LogP contribution in [0.3, 0.4) is 0 Å². The minimum Gasteiger partial charge on any atom is -0.496 e. The SMILES string of the molecule is C=CC=C(I)C(=CCN1O[C@@H](CO)[C@H]2[C@H](C)OC(=O)[C@H]21)OC. The molecule has 2 aliphatic rings. The number of nitrogens with zero attached hydrogens (tertiary/aromatic N) is 1. The summed E-state index contributed by atoms with van der Waals surface area (Å²) < 4.78 is 11.5. The number of hydroxylamine groups is 2. The van der Waals surface area contributed by atoms with Crippen molar-refractivity contribution < 1.29 is 24.2 Å². The summed E-state index contributed by atoms with van der Waals surface area (Å²) in [4.78, 5) is 17.7. The molecule has 0 radical (unpaired) electrons. The van der Waals surface area contributed by atoms with Crippen LogP contribution in [0.5, 0.6) is 0 Å². The number of carbonyl (C=O) groups excluding carboxylic acids is 1. The van der Waals surface area contributed by atoms with Gasteiger partial charge in [0.25, 0.3) is 0 Å². The lowest BCUT2D eigenvalue weighted by molar-refractivity contribution is -0.187. The van der Waals surface area contributed by atoms with E-state index in [2.05, 4.69) is 29.2 Å². The monoisotopic (exact) mass is 421 g/mol. The highest BCUT2D eigenvalue weighted by atomic mass is 127. The predicted molar refractivity (Wildman–Crippen MR) is 88.9 cm³/mol. The Kier molecular flexibility index (Phi) is 6.01. The molecule has 0 aromatic rings. The van der Waals surface area contributed by atoms with Gasteiger partial charge >= 0.3 is 5.97 Å². The first-order valence-corrected chi connectivity index (χ1v) is 8.08. The molecule has 0 spiro atoms. The number of carbonyl (C=O) groups is 1. The molecule has 0 amide bonds. The number of fused-ring (bicyclic) bond motifs is 1. The highest BCUT2D eigenvalue weighted by molar-refractivity contribution is 14.1. The van der Waals surface area contributed by atoms with Gasteiger partial charge in [0.2, 0.25) is 0 Å². The van der Waals surface area contributed by atoms with E-state index in [4.69, 9.17) is 14.3 Å². The van der Waals surface area contributed by atoms with Crippen molar-refractivity contribution in [3.8, 4) is 0 Å². The molecule has 2 heterocycles. The lowest BCUT2D eigenvalue weighted by Gasteiger charge is -2.19. The summed E-state index contributed by atoms with van der Waals surface area (Å²) in [7, 11) is 1.58. The molecule has 2 fully saturated rings. The van der Waals surface area contributed by atoms with Gasteiger partial charge in [-0.2, -0.15) is 5.06 Å². The van der Waals surface area contributed by atoms with Gasteiger partial charge in [-0.25, -0.2) is 0 Å². The maximum atomic E-state index is 12.0. The van der Waals surface area contributed by atoms with Crippen LogP contribution >= 0.6 is 22.6 Å². The number of allylic oxidation sites excluding steroid dienone is 3. The van der Waals surface area contributed by atoms with Crippen molar-refractivity contribution in [3.05, 3.63) is 34.1 Å². The van der Waals surface area contributed by atoms with E-state index < -0.39 is 12.1 Å². The Balaban J connectivity index is 2.14. The van der Waals surface area contributed by atoms with Crippen LogP contribution in [0.25, 0.3) is 0 Å². The van der Waals surface area contributed by atoms with Crippen LogP contribution in [0.15, 0.2) is 34.1 Å². The van der Waals surface area contributed by atoms with Crippen molar-refractivity contribution in [2.24, 2.45) is 5.92 Å². The van der Waals surface area contributed by atoms with E-state index in [0.717, 1.165) is 3.58 Å². The van der Waals surface area contributed by atoms with Crippen LogP contribution in [0.2, 0.25) is 0 Å². The quantitative estimate of drug-likeness (QED) is 0.304. The Labute approximate surface area is 143 Å². The number of halogens is 1. The van der Waals surface area contributed by atoms with E-state index in [9.17, 15) is 9.90 Å². The Morgan fingerprint density at radius 1 is 1.59 bits per heavy atom. The zero-order valence-electron chi connectivity index (χ0n) is 12.6. The maximum absolute atomic E-state index is 12.0. The lowest BCUT2D eigenvalue weighted by Crippen LogP contribution is -2.36. The number of ether oxygens (including phenoxy) is 2. The molecule has 0 aliphatic carbocycles. The van der Waals surface area contributed by atoms with E-state index in [1.165, 1.54) is 0 Å². The number of cyclic esters (lactones) is 1. The van der Waals surface area contributed by atoms with Crippen LogP contribution in [0.1, 0.15) is 6.92 Å². The topological polar surface area (TPSA) is 68.2 Å². The molecular formula is C15H20INO5. The summed E-state index contributed by atoms with van der Waals surface area (Å²) in [5.74, 6) is 0.212. The normalized spacial score (nSPS) is 32.8. The molecule has 0 aromatic carbocycles. The zero-order chi connectivity index (χ0) is 16.3. The second kappa shape index (κ2) is 7.58. The average Bonchev–Trinajstić information content (AvgIpc) is 3.00. The van der Waals surface area contributed by atoms with Crippen LogP contribution in [0.4, 0.5) is 0 Å². The van der Waals surface area contributed by atoms with Gasteiger partial charge in [0.05, 0.1) is 23.2 Å². The molecule has 7 heteroatoms. The van der Waals surface area contributed by atoms with E-state index >= 15 is 0 Å². The first-order valence-electron chi connectivity index (χ1n) is 7.01. The van der Waals surface area contributed by atoms with Crippen molar-refractivity contribution in [1.82, 2.24) is 5.06 Å². The second-order valence-electron chi connectivity index (χ2n) is 5.11. The Morgan fingerprint density at radius 3 is 2.91 bits per heavy atom. The molecule has 1 N–H and O–H groups in total. The number of hydrogen-bond donors (Lipinski definition) is 1. The standard InChI is InChI=1S/C15H20INO5/c1-4-5-10(16)11(20-3)6-7-17-14-13(12(8-18)22-17)9(2)21-15(14)19/h4-6,9,12-14,18H,1,7-8H2,2-3H3/t9-,12-,13+,14-/m0/s1. The molecular weight excluding hydrogens is 401 g/mol. The smallest absolute Gasteiger partial charge is 0.326 e. The van der Waals surface area contributed by atoms with Crippen LogP contribution in [-0.2, 0) is 19.1 Å². The number of aliphatic hydroxyl groups excluding tert-OH is 1. The molecule has 2 rings (SSSR count). The second-order valence-corrected chi connectivity index (χ2v) is 6.28. The highest BCUT2D eigenvalue weighted by Gasteiger charge is 2.55. The highest BCUT2D eigenvalue weighted by Crippen LogP contribution is 2.37. The van der Waals surface area contributed by atoms with Crippen molar-refractivity contribution >= 4 is 28.6 Å². The number of hydrogen-bond acceptors (Lipinski definition) is 6. The van der Waals surface area contributed by atoms with Crippen molar-refractivity contribution in [2.45, 2.75) is 25.2 Å². The molecule has 4 atom stereocenters. The van der Waals surface area contributed by atoms with Gasteiger partial charge in [0.15, 0.2) is 0 Å². The molecule has 122 valence electrons. The summed E-state index contributed by atoms with van der Waals surface area (Å²) in [6.45, 7) is 5.69. The minimum absolute atomic E-state index is 0.145. The fourth-order valence-corrected chi connectivity index (χ4v) is 3.51. The summed E-state index contributed by atoms with van der Waals surface area (Å²) in [5, 5.41) is 11.0. The summed E-state index contributed by atoms with van der Waals surface area (Å²) in [6, 6.07) is -0.484. The predicted octanol–water partition coefficient (Wildman–Crippen LogP) is 1.56. The minimum atomic E-state index is -0.484. The lowest BCUT2D eigenvalue weighted by atomic mass is 9.93. The zero-order valence-corrected chi connectivity index (χ0v) is 14.7. The number of methoxy groups -OCH3 is 1. The van der Waals surface area contributed by atoms with Gasteiger partial charge in [-0.05, 0) is 41.7 Å². The van der Waals surface area contributed by atoms with Gasteiger partial charge < -0.3 is 14.6 Å². The molecule has 2 aliphatic heterocycles. The molecule has 0 bridgehead atoms. The summed E-state index contributed by atoms with van der Waals surface area (Å²) >= 11 is 2.15. The largest absolute Gasteiger partial charge is 0.496 e. The van der Waals surface area contributed by atoms with E-state index in [0.29, 0.717) is 12.3 Å². The van der Waals surface area contributed by atoms with Crippen LogP contribution in [0, 0.1) is 5.92 Å². The molecule has 2 saturated heterocycles. The third kappa shape index (κ3) is 3.37. The molecule has 6 nitrogen and oxygen atoms in total. The number of aliphatic hydroxyl groups is 1. The Hall–Kier alpha value is -0.900. The van der Waals surface area contributed by atoms with Crippen molar-refractivity contribution in [2.75, 3.05) is 20.3 Å². The molecule has 0 aromatic heterocycles. The van der Waals surface area contributed by atoms with E-state index in [1.807, 2.05) is 19.1 Å². The summed E-state index contributed by atoms with van der Waals surface area (Å²) in [5.41, 5.74) is 0. The van der Waals surface area contributed by atoms with Gasteiger partial charge in [0, 0.05) is 6.54 Å². The van der Waals surface area contributed by atoms with Crippen molar-refractivity contribution in [1.29, 1.82) is 0 Å². The Bertz CT molecular complexity index is 504. The van der Waals surface area contributed by atoms with Crippen LogP contribution in [-0.4, -0.2) is 54.7 Å². The maximum Gasteiger partial charge on any atom is 0.326 e. The van der Waals surface area contributed by atoms with Crippen molar-refractivity contribution in [3.63, 3.8) is 0 Å². The third-order valence-electron chi connectivity index (χ3n) is 3.82. The van der Waals surface area contributed by atoms with Gasteiger partial charge in [0.1, 0.15) is 24.0 Å². The first-order chi connectivity index (χ1) is 10.5. The fraction of sp³-hybridized carbons (Fsp3) is 0.533. The Morgan fingerprint density at radius 2 is 2.32 bits per heavy atom. The van der Waals surface area contributed by atoms with E-state index in [1.54, 1.807) is 18.2 Å². The van der Waals surface area contributed by atoms with Gasteiger partial charge in [-0.15, -0.1) is 0 Å². The third-order valence-corrected chi connectivity index (χ3v) is 4.71. The average molecular weight is 421 g/mol. The summed E-state index contributed by atoms with van der Waals surface area (Å²) in [6.07, 6.45) is 4.65. The molecule has 22 heavy (non-hydrogen) atoms. The first kappa shape index (κ1) is 17.5. The molecule has 0 saturated carbocycles. The molecule has 0 unspecified atom stereocenters. The fourth-order valence-electron chi connectivity index (χ4n) is 2.82. The van der Waals surface area contributed by atoms with Gasteiger partial charge in [-0.1, -0.05) is 12.7 Å². The van der Waals surface area contributed by atoms with Gasteiger partial charge in [-0.3, -0.25) is 9.63 Å². The van der Waals surface area contributed by atoms with Crippen LogP contribution < -0.4 is 0 Å².